The minimum atomic E-state index is -3.94. The van der Waals surface area contributed by atoms with Crippen LogP contribution in [0.4, 0.5) is 0 Å². The van der Waals surface area contributed by atoms with Gasteiger partial charge in [-0.1, -0.05) is 33.8 Å². The van der Waals surface area contributed by atoms with Gasteiger partial charge in [0.05, 0.1) is 12.1 Å². The van der Waals surface area contributed by atoms with Gasteiger partial charge in [-0.05, 0) is 94.7 Å². The number of nitrogens with zero attached hydrogens (tertiary/aromatic N) is 4. The topological polar surface area (TPSA) is 247 Å². The lowest BCUT2D eigenvalue weighted by molar-refractivity contribution is -0.139. The molecule has 5 aromatic rings. The molecule has 1 fully saturated rings. The summed E-state index contributed by atoms with van der Waals surface area (Å²) in [6.45, 7) is 12.7. The van der Waals surface area contributed by atoms with E-state index in [1.165, 1.54) is 16.6 Å². The van der Waals surface area contributed by atoms with E-state index in [1.807, 2.05) is 27.7 Å². The zero-order chi connectivity index (χ0) is 43.9. The van der Waals surface area contributed by atoms with E-state index >= 15 is 0 Å². The number of nitrogens with one attached hydrogen (secondary N) is 3. The average Bonchev–Trinajstić information content (AvgIpc) is 3.69. The van der Waals surface area contributed by atoms with Crippen LogP contribution in [0.15, 0.2) is 74.9 Å². The lowest BCUT2D eigenvalue weighted by atomic mass is 10.0. The number of aromatic nitrogens is 3. The molecule has 5 atom stereocenters. The summed E-state index contributed by atoms with van der Waals surface area (Å²) in [4.78, 5) is 62.3. The van der Waals surface area contributed by atoms with Gasteiger partial charge >= 0.3 is 5.97 Å². The first kappa shape index (κ1) is 45.4. The number of hydrogen-bond acceptors (Lipinski definition) is 12. The zero-order valence-corrected chi connectivity index (χ0v) is 35.5. The minimum absolute atomic E-state index is 0.0811. The van der Waals surface area contributed by atoms with Crippen molar-refractivity contribution < 1.29 is 46.6 Å². The van der Waals surface area contributed by atoms with Crippen LogP contribution < -0.4 is 16.0 Å². The van der Waals surface area contributed by atoms with Gasteiger partial charge in [0.15, 0.2) is 27.7 Å². The fourth-order valence-electron chi connectivity index (χ4n) is 7.03. The lowest BCUT2D eigenvalue weighted by Crippen LogP contribution is -2.54. The van der Waals surface area contributed by atoms with Crippen LogP contribution in [0.25, 0.3) is 22.2 Å². The van der Waals surface area contributed by atoms with Crippen LogP contribution in [0, 0.1) is 25.7 Å². The summed E-state index contributed by atoms with van der Waals surface area (Å²) in [6.07, 6.45) is 4.97. The van der Waals surface area contributed by atoms with Crippen molar-refractivity contribution in [1.29, 1.82) is 0 Å². The highest BCUT2D eigenvalue weighted by atomic mass is 32.2. The third-order valence-corrected chi connectivity index (χ3v) is 12.1. The number of carbonyl (C=O) groups excluding carboxylic acids is 3. The smallest absolute Gasteiger partial charge is 0.326 e. The van der Waals surface area contributed by atoms with Crippen LogP contribution in [0.2, 0.25) is 0 Å². The molecule has 17 nitrogen and oxygen atoms in total. The predicted octanol–water partition coefficient (Wildman–Crippen LogP) is 4.76. The number of aliphatic carboxylic acids is 1. The number of furan rings is 2. The molecule has 0 aliphatic carbocycles. The summed E-state index contributed by atoms with van der Waals surface area (Å²) in [7, 11) is -3.94. The van der Waals surface area contributed by atoms with E-state index < -0.39 is 64.0 Å². The van der Waals surface area contributed by atoms with Crippen molar-refractivity contribution in [2.45, 2.75) is 109 Å². The number of aliphatic hydroxyl groups excluding tert-OH is 1. The maximum atomic E-state index is 13.4. The minimum Gasteiger partial charge on any atom is -0.480 e. The van der Waals surface area contributed by atoms with E-state index in [0.717, 1.165) is 0 Å². The van der Waals surface area contributed by atoms with Gasteiger partial charge in [-0.25, -0.2) is 18.2 Å². The Balaban J connectivity index is 0.000000274. The highest BCUT2D eigenvalue weighted by molar-refractivity contribution is 7.89. The number of hydrogen-bond donors (Lipinski definition) is 5. The molecule has 5 aromatic heterocycles. The molecule has 3 amide bonds. The first-order valence-electron chi connectivity index (χ1n) is 19.8. The molecule has 60 heavy (non-hydrogen) atoms. The summed E-state index contributed by atoms with van der Waals surface area (Å²) in [5.74, 6) is -2.14. The maximum absolute atomic E-state index is 13.4. The zero-order valence-electron chi connectivity index (χ0n) is 34.7. The summed E-state index contributed by atoms with van der Waals surface area (Å²) < 4.78 is 38.8. The van der Waals surface area contributed by atoms with Gasteiger partial charge in [-0.2, -0.15) is 4.31 Å². The van der Waals surface area contributed by atoms with Gasteiger partial charge in [0, 0.05) is 42.3 Å². The highest BCUT2D eigenvalue weighted by Crippen LogP contribution is 2.26. The Labute approximate surface area is 348 Å². The van der Waals surface area contributed by atoms with Gasteiger partial charge in [0.2, 0.25) is 5.91 Å². The van der Waals surface area contributed by atoms with E-state index in [0.29, 0.717) is 59.0 Å². The van der Waals surface area contributed by atoms with Gasteiger partial charge in [-0.15, -0.1) is 0 Å². The van der Waals surface area contributed by atoms with E-state index in [9.17, 15) is 32.7 Å². The molecule has 0 saturated carbocycles. The van der Waals surface area contributed by atoms with Gasteiger partial charge < -0.3 is 35.0 Å². The molecule has 5 N–H and O–H groups in total. The Morgan fingerprint density at radius 1 is 0.783 bits per heavy atom. The first-order chi connectivity index (χ1) is 28.4. The second-order valence-electron chi connectivity index (χ2n) is 15.8. The molecule has 0 spiro atoms. The van der Waals surface area contributed by atoms with Crippen molar-refractivity contribution >= 4 is 55.9 Å². The number of amides is 3. The monoisotopic (exact) mass is 847 g/mol. The fourth-order valence-corrected chi connectivity index (χ4v) is 8.64. The summed E-state index contributed by atoms with van der Waals surface area (Å²) in [6, 6.07) is 8.56. The molecule has 6 rings (SSSR count). The number of β-amino-alcohol motifs (C(OH)–C–C–N with tert-alkyl or cyclic N) is 1. The Morgan fingerprint density at radius 3 is 1.78 bits per heavy atom. The van der Waals surface area contributed by atoms with Crippen molar-refractivity contribution in [3.05, 3.63) is 83.7 Å². The molecule has 1 saturated heterocycles. The molecule has 18 heteroatoms. The van der Waals surface area contributed by atoms with Crippen molar-refractivity contribution in [3.8, 4) is 0 Å². The Kier molecular flexibility index (Phi) is 14.8. The molecule has 1 aliphatic rings. The normalized spacial score (nSPS) is 18.3. The SMILES string of the molecule is Cc1c(C(=O)N[C@@H](CC(C)C)C(=O)N[C@H]2CC[C@@H](C)N(S(=O)(=O)c3ccccn3)C[C@@H]2O)oc2cccnc12.Cc1c(C(=O)N[C@@H](CC(C)C)C(=O)O)oc2cccnc12. The second-order valence-corrected chi connectivity index (χ2v) is 17.7. The summed E-state index contributed by atoms with van der Waals surface area (Å²) in [5, 5.41) is 28.2. The molecule has 0 bridgehead atoms. The van der Waals surface area contributed by atoms with Crippen molar-refractivity contribution in [2.75, 3.05) is 6.54 Å². The van der Waals surface area contributed by atoms with Crippen molar-refractivity contribution in [1.82, 2.24) is 35.2 Å². The maximum Gasteiger partial charge on any atom is 0.326 e. The summed E-state index contributed by atoms with van der Waals surface area (Å²) in [5.41, 5.74) is 3.36. The second kappa shape index (κ2) is 19.6. The number of sulfonamides is 1. The average molecular weight is 848 g/mol. The molecule has 0 radical (unpaired) electrons. The number of carbonyl (C=O) groups is 4. The number of aliphatic hydroxyl groups is 1. The quantitative estimate of drug-likeness (QED) is 0.107. The van der Waals surface area contributed by atoms with Crippen molar-refractivity contribution in [2.24, 2.45) is 11.8 Å². The van der Waals surface area contributed by atoms with E-state index in [4.69, 9.17) is 13.9 Å². The largest absolute Gasteiger partial charge is 0.480 e. The van der Waals surface area contributed by atoms with Crippen LogP contribution in [-0.2, 0) is 19.6 Å². The van der Waals surface area contributed by atoms with E-state index in [-0.39, 0.29) is 34.9 Å². The molecular formula is C42H53N7O10S. The number of carboxylic acid groups (broad SMARTS) is 1. The molecular weight excluding hydrogens is 795 g/mol. The van der Waals surface area contributed by atoms with E-state index in [1.54, 1.807) is 69.6 Å². The number of rotatable bonds is 13. The van der Waals surface area contributed by atoms with Crippen molar-refractivity contribution in [3.63, 3.8) is 0 Å². The Bertz CT molecular complexity index is 2420. The predicted molar refractivity (Wildman–Crippen MR) is 221 cm³/mol. The third kappa shape index (κ3) is 10.7. The molecule has 1 aliphatic heterocycles. The first-order valence-corrected chi connectivity index (χ1v) is 21.3. The summed E-state index contributed by atoms with van der Waals surface area (Å²) >= 11 is 0. The van der Waals surface area contributed by atoms with Crippen LogP contribution in [0.3, 0.4) is 0 Å². The van der Waals surface area contributed by atoms with Crippen LogP contribution in [-0.4, -0.2) is 98.4 Å². The van der Waals surface area contributed by atoms with Gasteiger partial charge in [-0.3, -0.25) is 24.4 Å². The number of pyridine rings is 3. The highest BCUT2D eigenvalue weighted by Gasteiger charge is 2.38. The van der Waals surface area contributed by atoms with Gasteiger partial charge in [0.25, 0.3) is 21.8 Å². The molecule has 0 unspecified atom stereocenters. The number of carboxylic acids is 1. The Morgan fingerprint density at radius 2 is 1.30 bits per heavy atom. The van der Waals surface area contributed by atoms with Gasteiger partial charge in [0.1, 0.15) is 23.1 Å². The van der Waals surface area contributed by atoms with E-state index in [2.05, 4.69) is 30.9 Å². The number of fused-ring (bicyclic) bond motifs is 2. The van der Waals surface area contributed by atoms with Crippen LogP contribution >= 0.6 is 0 Å². The Hall–Kier alpha value is -5.72. The molecule has 0 aromatic carbocycles. The third-order valence-electron chi connectivity index (χ3n) is 10.2. The standard InChI is InChI=1S/C27H35N5O6S.C15H18N2O4/c1-16(2)14-20(31-27(35)25-18(4)24-22(38-25)8-7-13-29-24)26(34)30-19-11-10-17(3)32(15-21(19)33)39(36,37)23-9-5-6-12-28-23;1-8(2)7-10(15(19)20)17-14(18)13-9(3)12-11(21-13)5-4-6-16-12/h5-9,12-13,16-17,19-21,33H,10-11,14-15H2,1-4H3,(H,30,34)(H,31,35);4-6,8,10H,7H2,1-3H3,(H,17,18)(H,19,20)/t17-,19+,20+,21+;10-/m10/s1. The van der Waals surface area contributed by atoms with Crippen LogP contribution in [0.5, 0.6) is 0 Å². The molecule has 6 heterocycles. The molecule has 322 valence electrons. The number of aryl methyl sites for hydroxylation is 2. The lowest BCUT2D eigenvalue weighted by Gasteiger charge is -2.28. The van der Waals surface area contributed by atoms with Crippen LogP contribution in [0.1, 0.15) is 92.5 Å². The fraction of sp³-hybridized carbons (Fsp3) is 0.452.